The predicted molar refractivity (Wildman–Crippen MR) is 61.1 cm³/mol. The van der Waals surface area contributed by atoms with Crippen LogP contribution in [0, 0.1) is 3.57 Å². The number of aromatic hydroxyl groups is 1. The van der Waals surface area contributed by atoms with Gasteiger partial charge in [0.2, 0.25) is 0 Å². The molecule has 1 heterocycles. The minimum atomic E-state index is 0.439. The molecule has 70 valence electrons. The van der Waals surface area contributed by atoms with Crippen LogP contribution in [0.2, 0.25) is 0 Å². The monoisotopic (exact) mass is 289 g/mol. The summed E-state index contributed by atoms with van der Waals surface area (Å²) in [4.78, 5) is 0. The zero-order chi connectivity index (χ0) is 9.26. The van der Waals surface area contributed by atoms with Gasteiger partial charge in [-0.15, -0.1) is 0 Å². The maximum Gasteiger partial charge on any atom is 0.119 e. The van der Waals surface area contributed by atoms with Crippen molar-refractivity contribution in [1.82, 2.24) is 5.32 Å². The second kappa shape index (κ2) is 3.84. The molecule has 2 nitrogen and oxygen atoms in total. The lowest BCUT2D eigenvalue weighted by atomic mass is 9.98. The Morgan fingerprint density at radius 3 is 3.00 bits per heavy atom. The van der Waals surface area contributed by atoms with Crippen LogP contribution in [0.15, 0.2) is 18.2 Å². The molecule has 0 radical (unpaired) electrons. The molecule has 1 aromatic carbocycles. The van der Waals surface area contributed by atoms with Gasteiger partial charge in [0, 0.05) is 16.0 Å². The van der Waals surface area contributed by atoms with E-state index in [2.05, 4.69) is 34.0 Å². The van der Waals surface area contributed by atoms with Crippen LogP contribution in [0.4, 0.5) is 0 Å². The second-order valence-corrected chi connectivity index (χ2v) is 4.64. The fourth-order valence-electron chi connectivity index (χ4n) is 1.77. The molecule has 3 heteroatoms. The van der Waals surface area contributed by atoms with Gasteiger partial charge < -0.3 is 10.4 Å². The van der Waals surface area contributed by atoms with Crippen molar-refractivity contribution in [3.63, 3.8) is 0 Å². The third-order valence-electron chi connectivity index (χ3n) is 2.49. The highest BCUT2D eigenvalue weighted by Crippen LogP contribution is 2.30. The Labute approximate surface area is 91.5 Å². The summed E-state index contributed by atoms with van der Waals surface area (Å²) in [6.07, 6.45) is 1.13. The highest BCUT2D eigenvalue weighted by atomic mass is 127. The van der Waals surface area contributed by atoms with Gasteiger partial charge in [-0.05, 0) is 59.3 Å². The number of halogens is 1. The third-order valence-corrected chi connectivity index (χ3v) is 3.16. The molecule has 0 bridgehead atoms. The topological polar surface area (TPSA) is 32.3 Å². The van der Waals surface area contributed by atoms with E-state index in [0.29, 0.717) is 11.7 Å². The molecule has 1 aliphatic heterocycles. The van der Waals surface area contributed by atoms with E-state index in [4.69, 9.17) is 0 Å². The van der Waals surface area contributed by atoms with Gasteiger partial charge in [0.1, 0.15) is 5.75 Å². The summed E-state index contributed by atoms with van der Waals surface area (Å²) in [6, 6.07) is 5.80. The molecule has 0 amide bonds. The van der Waals surface area contributed by atoms with Crippen molar-refractivity contribution in [3.8, 4) is 5.75 Å². The van der Waals surface area contributed by atoms with E-state index in [0.717, 1.165) is 25.1 Å². The molecule has 1 atom stereocenters. The molecule has 13 heavy (non-hydrogen) atoms. The first kappa shape index (κ1) is 9.27. The number of hydrogen-bond acceptors (Lipinski definition) is 2. The Kier molecular flexibility index (Phi) is 2.74. The zero-order valence-electron chi connectivity index (χ0n) is 7.26. The molecule has 2 rings (SSSR count). The van der Waals surface area contributed by atoms with Crippen molar-refractivity contribution in [2.45, 2.75) is 12.3 Å². The van der Waals surface area contributed by atoms with Gasteiger partial charge in [0.15, 0.2) is 0 Å². The standard InChI is InChI=1S/C10H12INO/c11-8-1-2-10(13)9(5-8)7-3-4-12-6-7/h1-2,5,7,12-13H,3-4,6H2/t7-/m0/s1. The lowest BCUT2D eigenvalue weighted by Crippen LogP contribution is -2.08. The number of rotatable bonds is 1. The van der Waals surface area contributed by atoms with E-state index in [-0.39, 0.29) is 0 Å². The summed E-state index contributed by atoms with van der Waals surface area (Å²) in [7, 11) is 0. The summed E-state index contributed by atoms with van der Waals surface area (Å²) >= 11 is 2.28. The second-order valence-electron chi connectivity index (χ2n) is 3.39. The van der Waals surface area contributed by atoms with E-state index >= 15 is 0 Å². The van der Waals surface area contributed by atoms with Crippen molar-refractivity contribution in [1.29, 1.82) is 0 Å². The van der Waals surface area contributed by atoms with Gasteiger partial charge in [-0.1, -0.05) is 0 Å². The van der Waals surface area contributed by atoms with Crippen LogP contribution in [0.25, 0.3) is 0 Å². The van der Waals surface area contributed by atoms with Crippen LogP contribution in [-0.4, -0.2) is 18.2 Å². The maximum atomic E-state index is 9.66. The molecular formula is C10H12INO. The normalized spacial score (nSPS) is 22.1. The Balaban J connectivity index is 2.32. The van der Waals surface area contributed by atoms with Crippen molar-refractivity contribution in [2.24, 2.45) is 0 Å². The number of phenolic OH excluding ortho intramolecular Hbond substituents is 1. The highest BCUT2D eigenvalue weighted by Gasteiger charge is 2.19. The maximum absolute atomic E-state index is 9.66. The van der Waals surface area contributed by atoms with Gasteiger partial charge in [-0.2, -0.15) is 0 Å². The fourth-order valence-corrected chi connectivity index (χ4v) is 2.29. The molecule has 1 saturated heterocycles. The molecule has 1 aliphatic rings. The predicted octanol–water partition coefficient (Wildman–Crippen LogP) is 2.07. The first-order chi connectivity index (χ1) is 6.27. The Bertz CT molecular complexity index is 308. The largest absolute Gasteiger partial charge is 0.508 e. The molecule has 1 aromatic rings. The smallest absolute Gasteiger partial charge is 0.119 e. The van der Waals surface area contributed by atoms with Crippen molar-refractivity contribution < 1.29 is 5.11 Å². The van der Waals surface area contributed by atoms with Gasteiger partial charge in [0.05, 0.1) is 0 Å². The molecule has 0 aromatic heterocycles. The third kappa shape index (κ3) is 1.96. The average molecular weight is 289 g/mol. The lowest BCUT2D eigenvalue weighted by Gasteiger charge is -2.10. The van der Waals surface area contributed by atoms with Gasteiger partial charge >= 0.3 is 0 Å². The molecule has 0 unspecified atom stereocenters. The van der Waals surface area contributed by atoms with E-state index in [1.807, 2.05) is 6.07 Å². The Hall–Kier alpha value is -0.290. The Morgan fingerprint density at radius 2 is 2.31 bits per heavy atom. The minimum absolute atomic E-state index is 0.439. The van der Waals surface area contributed by atoms with E-state index in [1.54, 1.807) is 6.07 Å². The zero-order valence-corrected chi connectivity index (χ0v) is 9.41. The molecule has 0 spiro atoms. The first-order valence-corrected chi connectivity index (χ1v) is 5.54. The van der Waals surface area contributed by atoms with Gasteiger partial charge in [0.25, 0.3) is 0 Å². The average Bonchev–Trinajstić information content (AvgIpc) is 2.61. The van der Waals surface area contributed by atoms with Crippen LogP contribution < -0.4 is 5.32 Å². The first-order valence-electron chi connectivity index (χ1n) is 4.46. The number of nitrogens with one attached hydrogen (secondary N) is 1. The van der Waals surface area contributed by atoms with Gasteiger partial charge in [-0.25, -0.2) is 0 Å². The molecule has 0 saturated carbocycles. The fraction of sp³-hybridized carbons (Fsp3) is 0.400. The number of benzene rings is 1. The molecular weight excluding hydrogens is 277 g/mol. The summed E-state index contributed by atoms with van der Waals surface area (Å²) in [5.41, 5.74) is 1.09. The van der Waals surface area contributed by atoms with E-state index in [9.17, 15) is 5.11 Å². The van der Waals surface area contributed by atoms with Crippen molar-refractivity contribution >= 4 is 22.6 Å². The quantitative estimate of drug-likeness (QED) is 0.776. The minimum Gasteiger partial charge on any atom is -0.508 e. The molecule has 0 aliphatic carbocycles. The van der Waals surface area contributed by atoms with Crippen molar-refractivity contribution in [2.75, 3.05) is 13.1 Å². The van der Waals surface area contributed by atoms with Gasteiger partial charge in [-0.3, -0.25) is 0 Å². The number of hydrogen-bond donors (Lipinski definition) is 2. The van der Waals surface area contributed by atoms with E-state index < -0.39 is 0 Å². The lowest BCUT2D eigenvalue weighted by molar-refractivity contribution is 0.462. The SMILES string of the molecule is Oc1ccc(I)cc1[C@H]1CCNC1. The van der Waals surface area contributed by atoms with Crippen LogP contribution in [0.5, 0.6) is 5.75 Å². The Morgan fingerprint density at radius 1 is 1.46 bits per heavy atom. The van der Waals surface area contributed by atoms with E-state index in [1.165, 1.54) is 3.57 Å². The summed E-state index contributed by atoms with van der Waals surface area (Å²) < 4.78 is 1.19. The van der Waals surface area contributed by atoms with Crippen LogP contribution >= 0.6 is 22.6 Å². The summed E-state index contributed by atoms with van der Waals surface area (Å²) in [5, 5.41) is 13.0. The summed E-state index contributed by atoms with van der Waals surface area (Å²) in [5.74, 6) is 0.934. The molecule has 2 N–H and O–H groups in total. The highest BCUT2D eigenvalue weighted by molar-refractivity contribution is 14.1. The summed E-state index contributed by atoms with van der Waals surface area (Å²) in [6.45, 7) is 2.06. The number of phenols is 1. The van der Waals surface area contributed by atoms with Crippen LogP contribution in [0.3, 0.4) is 0 Å². The van der Waals surface area contributed by atoms with Crippen molar-refractivity contribution in [3.05, 3.63) is 27.3 Å². The van der Waals surface area contributed by atoms with Crippen LogP contribution in [-0.2, 0) is 0 Å². The molecule has 1 fully saturated rings. The van der Waals surface area contributed by atoms with Crippen LogP contribution in [0.1, 0.15) is 17.9 Å².